The zero-order chi connectivity index (χ0) is 12.5. The van der Waals surface area contributed by atoms with Crippen molar-refractivity contribution < 1.29 is 14.2 Å². The van der Waals surface area contributed by atoms with E-state index in [0.29, 0.717) is 17.9 Å². The lowest BCUT2D eigenvalue weighted by Crippen LogP contribution is -2.36. The summed E-state index contributed by atoms with van der Waals surface area (Å²) in [5, 5.41) is 0. The molecule has 96 valence electrons. The van der Waals surface area contributed by atoms with Crippen LogP contribution in [-0.4, -0.2) is 25.9 Å². The largest absolute Gasteiger partial charge is 0.496 e. The van der Waals surface area contributed by atoms with Crippen molar-refractivity contribution in [1.82, 2.24) is 0 Å². The van der Waals surface area contributed by atoms with E-state index < -0.39 is 0 Å². The topological polar surface area (TPSA) is 31.0 Å². The third-order valence-corrected chi connectivity index (χ3v) is 5.08. The zero-order valence-electron chi connectivity index (χ0n) is 11.0. The maximum absolute atomic E-state index is 6.02. The second-order valence-electron chi connectivity index (χ2n) is 5.76. The Labute approximate surface area is 107 Å². The average molecular weight is 246 g/mol. The molecule has 1 aromatic carbocycles. The highest BCUT2D eigenvalue weighted by Gasteiger charge is 2.68. The molecule has 0 spiro atoms. The number of methoxy groups -OCH3 is 2. The summed E-state index contributed by atoms with van der Waals surface area (Å²) in [6.45, 7) is 2.25. The van der Waals surface area contributed by atoms with Crippen molar-refractivity contribution in [2.45, 2.75) is 43.3 Å². The van der Waals surface area contributed by atoms with Crippen molar-refractivity contribution in [2.75, 3.05) is 14.2 Å². The molecule has 1 saturated carbocycles. The van der Waals surface area contributed by atoms with Gasteiger partial charge in [0.2, 0.25) is 0 Å². The standard InChI is InChI=1S/C15H18O3/c1-15-9-5-4-8(14(15)18-15)12-10(16-2)6-7-11(17-3)13(9)12/h6-9,14H,4-5H2,1-3H3/t8-,9-,14-,15-/m1/s1. The van der Waals surface area contributed by atoms with Gasteiger partial charge in [-0.15, -0.1) is 0 Å². The SMILES string of the molecule is COc1ccc(OC)c2c1[C@H]1CC[C@H]2[C@@]2(C)O[C@H]12. The summed E-state index contributed by atoms with van der Waals surface area (Å²) in [7, 11) is 3.50. The molecule has 4 aliphatic rings. The number of fused-ring (bicyclic) bond motifs is 1. The molecular formula is C15H18O3. The lowest BCUT2D eigenvalue weighted by atomic mass is 9.62. The summed E-state index contributed by atoms with van der Waals surface area (Å²) >= 11 is 0. The van der Waals surface area contributed by atoms with E-state index in [4.69, 9.17) is 14.2 Å². The molecule has 1 heterocycles. The van der Waals surface area contributed by atoms with Crippen molar-refractivity contribution >= 4 is 0 Å². The molecule has 2 fully saturated rings. The van der Waals surface area contributed by atoms with Crippen LogP contribution in [0.25, 0.3) is 0 Å². The van der Waals surface area contributed by atoms with Crippen LogP contribution in [0.2, 0.25) is 0 Å². The van der Waals surface area contributed by atoms with Crippen LogP contribution < -0.4 is 9.47 Å². The van der Waals surface area contributed by atoms with E-state index in [0.717, 1.165) is 11.5 Å². The first-order valence-electron chi connectivity index (χ1n) is 6.63. The average Bonchev–Trinajstić information content (AvgIpc) is 3.12. The Morgan fingerprint density at radius 1 is 1.11 bits per heavy atom. The highest BCUT2D eigenvalue weighted by atomic mass is 16.6. The Hall–Kier alpha value is -1.22. The first-order valence-corrected chi connectivity index (χ1v) is 6.63. The Morgan fingerprint density at radius 3 is 2.44 bits per heavy atom. The molecule has 0 N–H and O–H groups in total. The summed E-state index contributed by atoms with van der Waals surface area (Å²) < 4.78 is 17.1. The molecular weight excluding hydrogens is 228 g/mol. The van der Waals surface area contributed by atoms with Gasteiger partial charge < -0.3 is 14.2 Å². The molecule has 0 unspecified atom stereocenters. The number of epoxide rings is 1. The van der Waals surface area contributed by atoms with E-state index in [1.165, 1.54) is 24.0 Å². The van der Waals surface area contributed by atoms with Gasteiger partial charge in [0.25, 0.3) is 0 Å². The fourth-order valence-corrected chi connectivity index (χ4v) is 4.21. The zero-order valence-corrected chi connectivity index (χ0v) is 11.0. The van der Waals surface area contributed by atoms with Crippen LogP contribution in [0.3, 0.4) is 0 Å². The molecule has 0 radical (unpaired) electrons. The quantitative estimate of drug-likeness (QED) is 0.752. The second-order valence-corrected chi connectivity index (χ2v) is 5.76. The van der Waals surface area contributed by atoms with Crippen LogP contribution in [-0.2, 0) is 4.74 Å². The maximum atomic E-state index is 6.02. The molecule has 3 aliphatic carbocycles. The van der Waals surface area contributed by atoms with Gasteiger partial charge >= 0.3 is 0 Å². The van der Waals surface area contributed by atoms with E-state index in [1.807, 2.05) is 12.1 Å². The lowest BCUT2D eigenvalue weighted by Gasteiger charge is -2.40. The van der Waals surface area contributed by atoms with Gasteiger partial charge in [0.05, 0.1) is 25.9 Å². The fourth-order valence-electron chi connectivity index (χ4n) is 4.21. The smallest absolute Gasteiger partial charge is 0.123 e. The normalized spacial score (nSPS) is 38.9. The van der Waals surface area contributed by atoms with Crippen LogP contribution in [0.4, 0.5) is 0 Å². The highest BCUT2D eigenvalue weighted by molar-refractivity contribution is 5.59. The summed E-state index contributed by atoms with van der Waals surface area (Å²) in [6, 6.07) is 4.05. The molecule has 3 nitrogen and oxygen atoms in total. The van der Waals surface area contributed by atoms with E-state index in [2.05, 4.69) is 6.92 Å². The minimum absolute atomic E-state index is 0.0512. The van der Waals surface area contributed by atoms with Crippen LogP contribution >= 0.6 is 0 Å². The molecule has 0 aromatic heterocycles. The minimum Gasteiger partial charge on any atom is -0.496 e. The van der Waals surface area contributed by atoms with E-state index in [-0.39, 0.29) is 5.60 Å². The Morgan fingerprint density at radius 2 is 1.78 bits per heavy atom. The van der Waals surface area contributed by atoms with Crippen molar-refractivity contribution in [3.05, 3.63) is 23.3 Å². The molecule has 1 aliphatic heterocycles. The van der Waals surface area contributed by atoms with Gasteiger partial charge in [-0.25, -0.2) is 0 Å². The first kappa shape index (κ1) is 10.7. The van der Waals surface area contributed by atoms with Crippen LogP contribution in [0.15, 0.2) is 12.1 Å². The van der Waals surface area contributed by atoms with E-state index in [9.17, 15) is 0 Å². The summed E-state index contributed by atoms with van der Waals surface area (Å²) in [6.07, 6.45) is 2.81. The third kappa shape index (κ3) is 1.05. The molecule has 2 bridgehead atoms. The minimum atomic E-state index is 0.0512. The number of rotatable bonds is 2. The molecule has 0 amide bonds. The van der Waals surface area contributed by atoms with Crippen molar-refractivity contribution in [1.29, 1.82) is 0 Å². The van der Waals surface area contributed by atoms with Crippen LogP contribution in [0.5, 0.6) is 11.5 Å². The van der Waals surface area contributed by atoms with Crippen molar-refractivity contribution in [2.24, 2.45) is 0 Å². The van der Waals surface area contributed by atoms with Gasteiger partial charge in [-0.3, -0.25) is 0 Å². The predicted molar refractivity (Wildman–Crippen MR) is 67.5 cm³/mol. The maximum Gasteiger partial charge on any atom is 0.123 e. The highest BCUT2D eigenvalue weighted by Crippen LogP contribution is 2.68. The molecule has 3 heteroatoms. The Bertz CT molecular complexity index is 525. The van der Waals surface area contributed by atoms with Crippen molar-refractivity contribution in [3.8, 4) is 11.5 Å². The predicted octanol–water partition coefficient (Wildman–Crippen LogP) is 2.84. The molecule has 1 aromatic rings. The van der Waals surface area contributed by atoms with E-state index in [1.54, 1.807) is 14.2 Å². The first-order chi connectivity index (χ1) is 8.70. The number of hydrogen-bond donors (Lipinski definition) is 0. The molecule has 4 atom stereocenters. The van der Waals surface area contributed by atoms with Gasteiger partial charge in [-0.1, -0.05) is 0 Å². The molecule has 5 rings (SSSR count). The number of benzene rings is 1. The van der Waals surface area contributed by atoms with Gasteiger partial charge in [0, 0.05) is 23.0 Å². The third-order valence-electron chi connectivity index (χ3n) is 5.08. The Kier molecular flexibility index (Phi) is 1.90. The monoisotopic (exact) mass is 246 g/mol. The number of ether oxygens (including phenoxy) is 3. The van der Waals surface area contributed by atoms with Gasteiger partial charge in [0.15, 0.2) is 0 Å². The summed E-state index contributed by atoms with van der Waals surface area (Å²) in [4.78, 5) is 0. The van der Waals surface area contributed by atoms with Crippen molar-refractivity contribution in [3.63, 3.8) is 0 Å². The molecule has 1 saturated heterocycles. The second kappa shape index (κ2) is 3.21. The lowest BCUT2D eigenvalue weighted by molar-refractivity contribution is 0.268. The Balaban J connectivity index is 1.98. The summed E-state index contributed by atoms with van der Waals surface area (Å²) in [5.41, 5.74) is 2.73. The van der Waals surface area contributed by atoms with Gasteiger partial charge in [-0.05, 0) is 31.9 Å². The van der Waals surface area contributed by atoms with Gasteiger partial charge in [-0.2, -0.15) is 0 Å². The molecule has 18 heavy (non-hydrogen) atoms. The summed E-state index contributed by atoms with van der Waals surface area (Å²) in [5.74, 6) is 2.95. The number of hydrogen-bond acceptors (Lipinski definition) is 3. The van der Waals surface area contributed by atoms with Crippen LogP contribution in [0, 0.1) is 0 Å². The van der Waals surface area contributed by atoms with Crippen LogP contribution in [0.1, 0.15) is 42.7 Å². The van der Waals surface area contributed by atoms with Gasteiger partial charge in [0.1, 0.15) is 11.5 Å². The fraction of sp³-hybridized carbons (Fsp3) is 0.600. The van der Waals surface area contributed by atoms with E-state index >= 15 is 0 Å².